The van der Waals surface area contributed by atoms with Gasteiger partial charge >= 0.3 is 0 Å². The van der Waals surface area contributed by atoms with Crippen molar-refractivity contribution >= 4 is 0 Å². The summed E-state index contributed by atoms with van der Waals surface area (Å²) in [6, 6.07) is 30.3. The summed E-state index contributed by atoms with van der Waals surface area (Å²) in [4.78, 5) is 0. The van der Waals surface area contributed by atoms with Crippen LogP contribution in [0.1, 0.15) is 50.3 Å². The van der Waals surface area contributed by atoms with E-state index in [1.807, 2.05) is 73.7 Å². The fraction of sp³-hybridized carbons (Fsp3) is 0.486. The molecule has 2 fully saturated rings. The second-order valence-electron chi connectivity index (χ2n) is 11.7. The molecule has 1 aliphatic heterocycles. The summed E-state index contributed by atoms with van der Waals surface area (Å²) < 4.78 is 33.0. The molecule has 0 bridgehead atoms. The molecule has 1 heterocycles. The Hall–Kier alpha value is -2.58. The van der Waals surface area contributed by atoms with Crippen LogP contribution in [0.4, 0.5) is 0 Å². The van der Waals surface area contributed by atoms with E-state index in [0.29, 0.717) is 32.2 Å². The first-order valence-electron chi connectivity index (χ1n) is 14.9. The highest BCUT2D eigenvalue weighted by atomic mass is 16.7. The van der Waals surface area contributed by atoms with Crippen LogP contribution in [0.5, 0.6) is 0 Å². The molecule has 1 saturated carbocycles. The van der Waals surface area contributed by atoms with Crippen LogP contribution in [-0.2, 0) is 43.5 Å². The third kappa shape index (κ3) is 8.04. The molecular formula is C35H44O6. The Morgan fingerprint density at radius 3 is 1.56 bits per heavy atom. The Balaban J connectivity index is 1.41. The Morgan fingerprint density at radius 1 is 0.610 bits per heavy atom. The number of ether oxygens (including phenoxy) is 5. The normalized spacial score (nSPS) is 32.0. The van der Waals surface area contributed by atoms with E-state index in [1.54, 1.807) is 0 Å². The molecule has 41 heavy (non-hydrogen) atoms. The van der Waals surface area contributed by atoms with E-state index < -0.39 is 30.7 Å². The molecule has 1 N–H and O–H groups in total. The largest absolute Gasteiger partial charge is 0.390 e. The van der Waals surface area contributed by atoms with Crippen LogP contribution in [0.2, 0.25) is 0 Å². The molecule has 0 aromatic heterocycles. The second-order valence-corrected chi connectivity index (χ2v) is 11.7. The van der Waals surface area contributed by atoms with Crippen molar-refractivity contribution in [2.75, 3.05) is 0 Å². The first-order chi connectivity index (χ1) is 20.0. The maximum atomic E-state index is 11.0. The van der Waals surface area contributed by atoms with Crippen LogP contribution >= 0.6 is 0 Å². The third-order valence-corrected chi connectivity index (χ3v) is 8.23. The fourth-order valence-corrected chi connectivity index (χ4v) is 6.15. The molecule has 2 aliphatic rings. The Bertz CT molecular complexity index is 1150. The van der Waals surface area contributed by atoms with Gasteiger partial charge in [-0.1, -0.05) is 105 Å². The fourth-order valence-electron chi connectivity index (χ4n) is 6.15. The molecule has 220 valence electrons. The number of rotatable bonds is 11. The highest BCUT2D eigenvalue weighted by Gasteiger charge is 2.49. The Labute approximate surface area is 244 Å². The summed E-state index contributed by atoms with van der Waals surface area (Å²) in [5.74, 6) is 0.645. The van der Waals surface area contributed by atoms with Gasteiger partial charge < -0.3 is 28.8 Å². The van der Waals surface area contributed by atoms with Crippen LogP contribution in [0.3, 0.4) is 0 Å². The van der Waals surface area contributed by atoms with Gasteiger partial charge in [0.05, 0.1) is 38.1 Å². The minimum Gasteiger partial charge on any atom is -0.390 e. The summed E-state index contributed by atoms with van der Waals surface area (Å²) in [5, 5.41) is 11.0. The van der Waals surface area contributed by atoms with Crippen molar-refractivity contribution in [2.45, 2.75) is 96.3 Å². The van der Waals surface area contributed by atoms with Gasteiger partial charge in [0, 0.05) is 0 Å². The minimum absolute atomic E-state index is 0.193. The van der Waals surface area contributed by atoms with Crippen LogP contribution in [0, 0.1) is 11.8 Å². The van der Waals surface area contributed by atoms with Gasteiger partial charge in [0.25, 0.3) is 0 Å². The summed E-state index contributed by atoms with van der Waals surface area (Å²) in [6.45, 7) is 7.54. The number of hydrogen-bond acceptors (Lipinski definition) is 6. The Morgan fingerprint density at radius 2 is 1.07 bits per heavy atom. The van der Waals surface area contributed by atoms with Crippen LogP contribution in [-0.4, -0.2) is 48.0 Å². The van der Waals surface area contributed by atoms with Crippen LogP contribution in [0.15, 0.2) is 91.0 Å². The monoisotopic (exact) mass is 560 g/mol. The summed E-state index contributed by atoms with van der Waals surface area (Å²) >= 11 is 0. The second kappa shape index (κ2) is 14.5. The summed E-state index contributed by atoms with van der Waals surface area (Å²) in [5.41, 5.74) is 3.20. The lowest BCUT2D eigenvalue weighted by atomic mass is 9.79. The highest BCUT2D eigenvalue weighted by Crippen LogP contribution is 2.36. The molecule has 0 spiro atoms. The number of hydrogen-bond donors (Lipinski definition) is 1. The van der Waals surface area contributed by atoms with Crippen molar-refractivity contribution in [2.24, 2.45) is 11.8 Å². The van der Waals surface area contributed by atoms with E-state index in [0.717, 1.165) is 23.1 Å². The standard InChI is InChI=1S/C35H44O6/c1-24-19-25(2)31(30(36)20-24)41-35-34(39-23-29-17-11-6-12-18-29)33(38-22-28-15-9-5-10-16-28)32(26(3)40-35)37-21-27-13-7-4-8-14-27/h4-18,24-26,30-36H,19-23H2,1-3H3/t24-,25+,26-,30-,31-,32+,33+,34-,35-/m1/s1. The predicted octanol–water partition coefficient (Wildman–Crippen LogP) is 6.30. The SMILES string of the molecule is C[C@H]1C[C@@H](O)[C@H](O[C@H]2O[C@H](C)[C@H](OCc3ccccc3)[C@H](OCc3ccccc3)[C@H]2OCc2ccccc2)[C@@H](C)C1. The molecule has 3 aromatic carbocycles. The van der Waals surface area contributed by atoms with E-state index in [4.69, 9.17) is 23.7 Å². The average molecular weight is 561 g/mol. The van der Waals surface area contributed by atoms with Gasteiger partial charge in [-0.2, -0.15) is 0 Å². The minimum atomic E-state index is -0.721. The van der Waals surface area contributed by atoms with Gasteiger partial charge in [0.2, 0.25) is 0 Å². The first-order valence-corrected chi connectivity index (χ1v) is 14.9. The number of benzene rings is 3. The van der Waals surface area contributed by atoms with E-state index in [1.165, 1.54) is 0 Å². The molecule has 6 nitrogen and oxygen atoms in total. The first kappa shape index (κ1) is 29.9. The van der Waals surface area contributed by atoms with Crippen molar-refractivity contribution in [1.29, 1.82) is 0 Å². The van der Waals surface area contributed by atoms with Crippen molar-refractivity contribution in [1.82, 2.24) is 0 Å². The maximum absolute atomic E-state index is 11.0. The molecule has 0 amide bonds. The Kier molecular flexibility index (Phi) is 10.6. The van der Waals surface area contributed by atoms with Gasteiger partial charge in [-0.3, -0.25) is 0 Å². The number of aliphatic hydroxyl groups excluding tert-OH is 1. The molecule has 3 aromatic rings. The summed E-state index contributed by atoms with van der Waals surface area (Å²) in [6.07, 6.45) is -1.67. The zero-order chi connectivity index (χ0) is 28.6. The van der Waals surface area contributed by atoms with E-state index in [2.05, 4.69) is 38.1 Å². The van der Waals surface area contributed by atoms with E-state index in [9.17, 15) is 5.11 Å². The molecular weight excluding hydrogens is 516 g/mol. The van der Waals surface area contributed by atoms with Crippen molar-refractivity contribution in [3.05, 3.63) is 108 Å². The topological polar surface area (TPSA) is 66.4 Å². The average Bonchev–Trinajstić information content (AvgIpc) is 2.98. The zero-order valence-electron chi connectivity index (χ0n) is 24.4. The molecule has 5 rings (SSSR count). The quantitative estimate of drug-likeness (QED) is 0.297. The molecule has 0 unspecified atom stereocenters. The lowest BCUT2D eigenvalue weighted by Crippen LogP contribution is -2.61. The lowest BCUT2D eigenvalue weighted by Gasteiger charge is -2.47. The van der Waals surface area contributed by atoms with Crippen molar-refractivity contribution in [3.63, 3.8) is 0 Å². The van der Waals surface area contributed by atoms with Gasteiger partial charge in [-0.05, 0) is 48.3 Å². The molecule has 0 radical (unpaired) electrons. The van der Waals surface area contributed by atoms with Gasteiger partial charge in [-0.15, -0.1) is 0 Å². The smallest absolute Gasteiger partial charge is 0.187 e. The van der Waals surface area contributed by atoms with Crippen molar-refractivity contribution < 1.29 is 28.8 Å². The van der Waals surface area contributed by atoms with Crippen LogP contribution < -0.4 is 0 Å². The highest BCUT2D eigenvalue weighted by molar-refractivity contribution is 5.15. The predicted molar refractivity (Wildman–Crippen MR) is 158 cm³/mol. The summed E-state index contributed by atoms with van der Waals surface area (Å²) in [7, 11) is 0. The van der Waals surface area contributed by atoms with E-state index >= 15 is 0 Å². The third-order valence-electron chi connectivity index (χ3n) is 8.23. The van der Waals surface area contributed by atoms with Gasteiger partial charge in [0.15, 0.2) is 6.29 Å². The van der Waals surface area contributed by atoms with Crippen molar-refractivity contribution in [3.8, 4) is 0 Å². The number of aliphatic hydroxyl groups is 1. The molecule has 1 saturated heterocycles. The molecule has 6 heteroatoms. The molecule has 1 aliphatic carbocycles. The van der Waals surface area contributed by atoms with E-state index in [-0.39, 0.29) is 18.1 Å². The molecule has 9 atom stereocenters. The van der Waals surface area contributed by atoms with Crippen LogP contribution in [0.25, 0.3) is 0 Å². The van der Waals surface area contributed by atoms with Gasteiger partial charge in [-0.25, -0.2) is 0 Å². The zero-order valence-corrected chi connectivity index (χ0v) is 24.4. The lowest BCUT2D eigenvalue weighted by molar-refractivity contribution is -0.338. The van der Waals surface area contributed by atoms with Gasteiger partial charge in [0.1, 0.15) is 18.3 Å². The maximum Gasteiger partial charge on any atom is 0.187 e.